The van der Waals surface area contributed by atoms with Gasteiger partial charge in [-0.2, -0.15) is 8.42 Å². The number of anilines is 3. The molecule has 0 bridgehead atoms. The van der Waals surface area contributed by atoms with Gasteiger partial charge in [-0.25, -0.2) is 0 Å². The van der Waals surface area contributed by atoms with Gasteiger partial charge in [-0.3, -0.25) is 33.3 Å². The standard InChI is InChI=1S/C54H56N4O10S3/c1-5-47(59)51(71(63,64)66-4)18-20-70-69-19-10-15-52(60)56-39-23-34(31-67-48-29-44-43(21-33(48)2)54(62)58-41(30-55-44)26-38-12-7-9-14-46(38)58)22-35(24-39)32-68-50-27-36-16-17-40-25-37-11-6-8-13-45(37)57(40)53(61)42(36)28-49(50)65-3/h6-9,11-14,21-24,27-30,40-41,51H,5,10,15-20,25-26,31-32H2,1-4H3,(H,56,60)/t40-,41+,51?/m1/s1. The molecule has 0 saturated heterocycles. The van der Waals surface area contributed by atoms with Crippen LogP contribution < -0.4 is 29.3 Å². The van der Waals surface area contributed by atoms with E-state index in [4.69, 9.17) is 19.2 Å². The van der Waals surface area contributed by atoms with Crippen LogP contribution in [0.4, 0.5) is 22.7 Å². The normalized spacial score (nSPS) is 17.0. The molecular formula is C54H56N4O10S3. The van der Waals surface area contributed by atoms with Crippen LogP contribution in [0.25, 0.3) is 0 Å². The van der Waals surface area contributed by atoms with Crippen molar-refractivity contribution in [1.29, 1.82) is 0 Å². The molecule has 1 N–H and O–H groups in total. The number of methoxy groups -OCH3 is 1. The molecule has 17 heteroatoms. The average molecular weight is 1020 g/mol. The molecule has 4 heterocycles. The molecule has 9 rings (SSSR count). The number of para-hydroxylation sites is 2. The van der Waals surface area contributed by atoms with Gasteiger partial charge in [0, 0.05) is 71.7 Å². The molecule has 3 amide bonds. The fourth-order valence-corrected chi connectivity index (χ4v) is 13.3. The lowest BCUT2D eigenvalue weighted by atomic mass is 9.99. The Morgan fingerprint density at radius 2 is 1.46 bits per heavy atom. The zero-order chi connectivity index (χ0) is 49.8. The Balaban J connectivity index is 0.895. The zero-order valence-corrected chi connectivity index (χ0v) is 42.6. The van der Waals surface area contributed by atoms with Gasteiger partial charge in [-0.05, 0) is 121 Å². The van der Waals surface area contributed by atoms with E-state index in [2.05, 4.69) is 15.6 Å². The summed E-state index contributed by atoms with van der Waals surface area (Å²) in [6, 6.07) is 28.9. The fourth-order valence-electron chi connectivity index (χ4n) is 9.82. The summed E-state index contributed by atoms with van der Waals surface area (Å²) in [6.45, 7) is 3.78. The van der Waals surface area contributed by atoms with Crippen LogP contribution >= 0.6 is 21.6 Å². The summed E-state index contributed by atoms with van der Waals surface area (Å²) in [5, 5.41) is 1.87. The monoisotopic (exact) mass is 1020 g/mol. The van der Waals surface area contributed by atoms with Gasteiger partial charge in [-0.1, -0.05) is 64.9 Å². The van der Waals surface area contributed by atoms with Crippen LogP contribution in [0.15, 0.2) is 96.0 Å². The molecule has 0 aromatic heterocycles. The lowest BCUT2D eigenvalue weighted by molar-refractivity contribution is -0.118. The van der Waals surface area contributed by atoms with E-state index in [1.165, 1.54) is 27.2 Å². The van der Waals surface area contributed by atoms with Crippen molar-refractivity contribution in [2.45, 2.75) is 95.8 Å². The number of rotatable bonds is 20. The van der Waals surface area contributed by atoms with Crippen molar-refractivity contribution in [1.82, 2.24) is 0 Å². The first-order chi connectivity index (χ1) is 34.3. The Labute approximate surface area is 422 Å². The van der Waals surface area contributed by atoms with Gasteiger partial charge < -0.3 is 24.4 Å². The third-order valence-electron chi connectivity index (χ3n) is 13.4. The number of nitrogens with zero attached hydrogens (tertiary/aromatic N) is 3. The molecule has 0 saturated carbocycles. The quantitative estimate of drug-likeness (QED) is 0.0446. The highest BCUT2D eigenvalue weighted by Gasteiger charge is 2.39. The number of hydrogen-bond donors (Lipinski definition) is 1. The number of ketones is 1. The highest BCUT2D eigenvalue weighted by atomic mass is 33.1. The smallest absolute Gasteiger partial charge is 0.277 e. The molecule has 0 aliphatic carbocycles. The Bertz CT molecular complexity index is 3030. The van der Waals surface area contributed by atoms with Crippen molar-refractivity contribution in [3.63, 3.8) is 0 Å². The number of aryl methyl sites for hydroxylation is 2. The van der Waals surface area contributed by atoms with Crippen molar-refractivity contribution in [3.05, 3.63) is 136 Å². The second-order valence-corrected chi connectivity index (χ2v) is 22.6. The number of carbonyl (C=O) groups is 4. The van der Waals surface area contributed by atoms with E-state index in [1.54, 1.807) is 20.1 Å². The largest absolute Gasteiger partial charge is 0.493 e. The Hall–Kier alpha value is -6.14. The van der Waals surface area contributed by atoms with Crippen molar-refractivity contribution in [2.75, 3.05) is 40.8 Å². The van der Waals surface area contributed by atoms with E-state index in [-0.39, 0.29) is 68.1 Å². The highest BCUT2D eigenvalue weighted by molar-refractivity contribution is 8.76. The highest BCUT2D eigenvalue weighted by Crippen LogP contribution is 2.42. The number of benzene rings is 5. The van der Waals surface area contributed by atoms with Gasteiger partial charge in [0.05, 0.1) is 31.5 Å². The molecule has 14 nitrogen and oxygen atoms in total. The maximum atomic E-state index is 14.1. The molecule has 3 atom stereocenters. The molecule has 5 aromatic rings. The van der Waals surface area contributed by atoms with Gasteiger partial charge in [0.2, 0.25) is 5.91 Å². The third-order valence-corrected chi connectivity index (χ3v) is 17.6. The topological polar surface area (TPSA) is 170 Å². The first kappa shape index (κ1) is 49.8. The number of amides is 3. The van der Waals surface area contributed by atoms with Gasteiger partial charge in [-0.15, -0.1) is 0 Å². The molecule has 4 aliphatic rings. The molecule has 5 aromatic carbocycles. The number of fused-ring (bicyclic) bond motifs is 8. The molecule has 0 spiro atoms. The van der Waals surface area contributed by atoms with Crippen LogP contribution in [0.2, 0.25) is 0 Å². The SMILES string of the molecule is CCC(=O)C(CCSSCCCC(=O)Nc1cc(COc2cc3c(cc2C)C(=O)N2c4ccccc4C[C@H]2C=N3)cc(COc2cc3c(cc2OC)C(=O)N2c4ccccc4C[C@H]2CC3)c1)S(=O)(=O)OC. The zero-order valence-electron chi connectivity index (χ0n) is 40.1. The average Bonchev–Trinajstić information content (AvgIpc) is 3.86. The van der Waals surface area contributed by atoms with Crippen LogP contribution in [0, 0.1) is 6.92 Å². The molecule has 1 unspecified atom stereocenters. The van der Waals surface area contributed by atoms with Crippen molar-refractivity contribution in [2.24, 2.45) is 4.99 Å². The summed E-state index contributed by atoms with van der Waals surface area (Å²) in [5.74, 6) is 1.85. The number of nitrogens with one attached hydrogen (secondary N) is 1. The first-order valence-corrected chi connectivity index (χ1v) is 27.8. The van der Waals surface area contributed by atoms with Gasteiger partial charge in [0.1, 0.15) is 24.2 Å². The van der Waals surface area contributed by atoms with Gasteiger partial charge in [0.25, 0.3) is 21.9 Å². The molecule has 0 fully saturated rings. The number of aliphatic imine (C=N–C) groups is 1. The molecule has 71 heavy (non-hydrogen) atoms. The minimum atomic E-state index is -3.97. The lowest BCUT2D eigenvalue weighted by Crippen LogP contribution is -2.37. The third kappa shape index (κ3) is 10.7. The maximum absolute atomic E-state index is 14.1. The molecule has 370 valence electrons. The second-order valence-electron chi connectivity index (χ2n) is 18.0. The predicted octanol–water partition coefficient (Wildman–Crippen LogP) is 9.78. The Morgan fingerprint density at radius 3 is 2.18 bits per heavy atom. The van der Waals surface area contributed by atoms with Gasteiger partial charge in [0.15, 0.2) is 17.3 Å². The van der Waals surface area contributed by atoms with Crippen molar-refractivity contribution in [3.8, 4) is 17.2 Å². The van der Waals surface area contributed by atoms with E-state index >= 15 is 0 Å². The van der Waals surface area contributed by atoms with E-state index in [9.17, 15) is 27.6 Å². The number of hydrogen-bond acceptors (Lipinski definition) is 13. The van der Waals surface area contributed by atoms with Crippen LogP contribution in [-0.2, 0) is 56.4 Å². The summed E-state index contributed by atoms with van der Waals surface area (Å²) in [4.78, 5) is 62.3. The summed E-state index contributed by atoms with van der Waals surface area (Å²) in [7, 11) is 1.63. The van der Waals surface area contributed by atoms with Gasteiger partial charge >= 0.3 is 0 Å². The minimum absolute atomic E-state index is 0.0502. The van der Waals surface area contributed by atoms with E-state index in [0.717, 1.165) is 59.1 Å². The minimum Gasteiger partial charge on any atom is -0.493 e. The summed E-state index contributed by atoms with van der Waals surface area (Å²) < 4.78 is 48.0. The lowest BCUT2D eigenvalue weighted by Gasteiger charge is -2.23. The number of ether oxygens (including phenoxy) is 3. The van der Waals surface area contributed by atoms with Crippen molar-refractivity contribution < 1.29 is 46.0 Å². The van der Waals surface area contributed by atoms with Crippen LogP contribution in [-0.4, -0.2) is 81.2 Å². The summed E-state index contributed by atoms with van der Waals surface area (Å²) in [5.41, 5.74) is 9.52. The Kier molecular flexibility index (Phi) is 15.2. The van der Waals surface area contributed by atoms with E-state index in [1.807, 2.05) is 102 Å². The fraction of sp³-hybridized carbons (Fsp3) is 0.352. The number of Topliss-reactive ketones (excluding diaryl/α,β-unsaturated/α-hetero) is 1. The van der Waals surface area contributed by atoms with E-state index < -0.39 is 15.4 Å². The summed E-state index contributed by atoms with van der Waals surface area (Å²) >= 11 is 0. The van der Waals surface area contributed by atoms with Crippen LogP contribution in [0.1, 0.15) is 93.1 Å². The van der Waals surface area contributed by atoms with Crippen molar-refractivity contribution >= 4 is 84.2 Å². The Morgan fingerprint density at radius 1 is 0.789 bits per heavy atom. The predicted molar refractivity (Wildman–Crippen MR) is 280 cm³/mol. The maximum Gasteiger partial charge on any atom is 0.277 e. The molecule has 4 aliphatic heterocycles. The summed E-state index contributed by atoms with van der Waals surface area (Å²) in [6.07, 6.45) is 5.91. The molecule has 0 radical (unpaired) electrons. The van der Waals surface area contributed by atoms with Crippen LogP contribution in [0.5, 0.6) is 17.2 Å². The first-order valence-electron chi connectivity index (χ1n) is 23.8. The van der Waals surface area contributed by atoms with E-state index in [0.29, 0.717) is 70.5 Å². The molecular weight excluding hydrogens is 961 g/mol. The second kappa shape index (κ2) is 21.7. The number of carbonyl (C=O) groups excluding carboxylic acids is 4. The van der Waals surface area contributed by atoms with Crippen LogP contribution in [0.3, 0.4) is 0 Å².